The van der Waals surface area contributed by atoms with Gasteiger partial charge in [0.2, 0.25) is 11.8 Å². The van der Waals surface area contributed by atoms with E-state index in [1.54, 1.807) is 18.2 Å². The molecular weight excluding hydrogens is 270 g/mol. The molecule has 0 aromatic heterocycles. The van der Waals surface area contributed by atoms with E-state index in [0.29, 0.717) is 23.7 Å². The molecule has 0 aliphatic carbocycles. The predicted molar refractivity (Wildman–Crippen MR) is 83.3 cm³/mol. The molecule has 4 N–H and O–H groups in total. The van der Waals surface area contributed by atoms with Crippen LogP contribution in [0.25, 0.3) is 0 Å². The Bertz CT molecular complexity index is 515. The highest BCUT2D eigenvalue weighted by Gasteiger charge is 2.20. The third-order valence-corrected chi connectivity index (χ3v) is 3.18. The van der Waals surface area contributed by atoms with Crippen molar-refractivity contribution in [1.82, 2.24) is 0 Å². The maximum absolute atomic E-state index is 12.1. The topological polar surface area (TPSA) is 93.4 Å². The van der Waals surface area contributed by atoms with Gasteiger partial charge in [0.25, 0.3) is 0 Å². The molecule has 0 aliphatic rings. The average molecular weight is 293 g/mol. The van der Waals surface area contributed by atoms with Crippen LogP contribution in [0.5, 0.6) is 5.75 Å². The number of rotatable bonds is 6. The zero-order valence-corrected chi connectivity index (χ0v) is 12.9. The molecule has 6 heteroatoms. The van der Waals surface area contributed by atoms with E-state index in [4.69, 9.17) is 10.5 Å². The Morgan fingerprint density at radius 3 is 2.43 bits per heavy atom. The summed E-state index contributed by atoms with van der Waals surface area (Å²) in [6, 6.07) is 5.05. The number of hydrogen-bond donors (Lipinski definition) is 3. The van der Waals surface area contributed by atoms with Crippen LogP contribution in [0, 0.1) is 11.8 Å². The zero-order chi connectivity index (χ0) is 16.0. The molecule has 0 aliphatic heterocycles. The molecule has 21 heavy (non-hydrogen) atoms. The summed E-state index contributed by atoms with van der Waals surface area (Å²) in [5.41, 5.74) is 6.79. The van der Waals surface area contributed by atoms with Gasteiger partial charge in [-0.05, 0) is 18.1 Å². The molecule has 1 aromatic carbocycles. The van der Waals surface area contributed by atoms with Gasteiger partial charge >= 0.3 is 0 Å². The average Bonchev–Trinajstić information content (AvgIpc) is 2.40. The minimum Gasteiger partial charge on any atom is -0.494 e. The van der Waals surface area contributed by atoms with Gasteiger partial charge in [-0.2, -0.15) is 0 Å². The summed E-state index contributed by atoms with van der Waals surface area (Å²) in [6.45, 7) is 5.63. The molecule has 116 valence electrons. The van der Waals surface area contributed by atoms with E-state index < -0.39 is 0 Å². The highest BCUT2D eigenvalue weighted by Crippen LogP contribution is 2.28. The van der Waals surface area contributed by atoms with Crippen LogP contribution in [0.1, 0.15) is 20.8 Å². The van der Waals surface area contributed by atoms with E-state index in [1.807, 2.05) is 13.8 Å². The van der Waals surface area contributed by atoms with Gasteiger partial charge in [-0.3, -0.25) is 9.59 Å². The second kappa shape index (κ2) is 7.64. The van der Waals surface area contributed by atoms with Crippen molar-refractivity contribution in [3.63, 3.8) is 0 Å². The first-order valence-corrected chi connectivity index (χ1v) is 6.85. The Hall–Kier alpha value is -2.08. The van der Waals surface area contributed by atoms with Gasteiger partial charge in [-0.25, -0.2) is 0 Å². The van der Waals surface area contributed by atoms with Gasteiger partial charge < -0.3 is 21.1 Å². The number of amides is 2. The van der Waals surface area contributed by atoms with Crippen LogP contribution in [0.2, 0.25) is 0 Å². The molecule has 6 nitrogen and oxygen atoms in total. The summed E-state index contributed by atoms with van der Waals surface area (Å²) in [6.07, 6.45) is 0. The number of anilines is 2. The fourth-order valence-corrected chi connectivity index (χ4v) is 1.98. The second-order valence-electron chi connectivity index (χ2n) is 5.17. The van der Waals surface area contributed by atoms with Crippen molar-refractivity contribution in [3.05, 3.63) is 18.2 Å². The number of nitrogens with one attached hydrogen (secondary N) is 2. The first-order chi connectivity index (χ1) is 9.88. The molecular formula is C15H23N3O3. The lowest BCUT2D eigenvalue weighted by Gasteiger charge is -2.19. The minimum absolute atomic E-state index is 0.123. The summed E-state index contributed by atoms with van der Waals surface area (Å²) in [5, 5.41) is 5.48. The summed E-state index contributed by atoms with van der Waals surface area (Å²) in [5.74, 6) is 0.0910. The van der Waals surface area contributed by atoms with Crippen LogP contribution in [-0.2, 0) is 9.59 Å². The normalized spacial score (nSPS) is 11.9. The molecule has 0 radical (unpaired) electrons. The van der Waals surface area contributed by atoms with Crippen LogP contribution in [0.4, 0.5) is 11.4 Å². The number of hydrogen-bond acceptors (Lipinski definition) is 4. The molecule has 0 saturated heterocycles. The summed E-state index contributed by atoms with van der Waals surface area (Å²) in [4.78, 5) is 23.2. The Balaban J connectivity index is 2.90. The lowest BCUT2D eigenvalue weighted by atomic mass is 9.95. The SMILES string of the molecule is COc1cc(NC(=O)C(CN)C(C)C)ccc1NC(C)=O. The molecule has 1 rings (SSSR count). The van der Waals surface area contributed by atoms with Crippen molar-refractivity contribution in [2.24, 2.45) is 17.6 Å². The number of ether oxygens (including phenoxy) is 1. The van der Waals surface area contributed by atoms with Gasteiger partial charge in [-0.15, -0.1) is 0 Å². The van der Waals surface area contributed by atoms with Gasteiger partial charge in [0.1, 0.15) is 5.75 Å². The lowest BCUT2D eigenvalue weighted by molar-refractivity contribution is -0.120. The van der Waals surface area contributed by atoms with Crippen molar-refractivity contribution in [1.29, 1.82) is 0 Å². The van der Waals surface area contributed by atoms with Gasteiger partial charge in [-0.1, -0.05) is 13.8 Å². The molecule has 1 unspecified atom stereocenters. The first kappa shape index (κ1) is 17.0. The molecule has 2 amide bonds. The standard InChI is InChI=1S/C15H23N3O3/c1-9(2)12(8-16)15(20)18-11-5-6-13(17-10(3)19)14(7-11)21-4/h5-7,9,12H,8,16H2,1-4H3,(H,17,19)(H,18,20). The Morgan fingerprint density at radius 2 is 1.95 bits per heavy atom. The Morgan fingerprint density at radius 1 is 1.29 bits per heavy atom. The number of carbonyl (C=O) groups is 2. The molecule has 1 atom stereocenters. The number of nitrogens with two attached hydrogens (primary N) is 1. The minimum atomic E-state index is -0.244. The fraction of sp³-hybridized carbons (Fsp3) is 0.467. The van der Waals surface area contributed by atoms with E-state index in [2.05, 4.69) is 10.6 Å². The molecule has 0 heterocycles. The zero-order valence-electron chi connectivity index (χ0n) is 12.9. The fourth-order valence-electron chi connectivity index (χ4n) is 1.98. The monoisotopic (exact) mass is 293 g/mol. The van der Waals surface area contributed by atoms with Crippen molar-refractivity contribution in [2.75, 3.05) is 24.3 Å². The van der Waals surface area contributed by atoms with Crippen molar-refractivity contribution in [2.45, 2.75) is 20.8 Å². The Kier molecular flexibility index (Phi) is 6.17. The first-order valence-electron chi connectivity index (χ1n) is 6.85. The van der Waals surface area contributed by atoms with Gasteiger partial charge in [0.05, 0.1) is 18.7 Å². The second-order valence-corrected chi connectivity index (χ2v) is 5.17. The summed E-state index contributed by atoms with van der Waals surface area (Å²) in [7, 11) is 1.50. The Labute approximate surface area is 125 Å². The number of benzene rings is 1. The third kappa shape index (κ3) is 4.75. The van der Waals surface area contributed by atoms with E-state index in [0.717, 1.165) is 0 Å². The quantitative estimate of drug-likeness (QED) is 0.746. The summed E-state index contributed by atoms with van der Waals surface area (Å²) < 4.78 is 5.21. The maximum Gasteiger partial charge on any atom is 0.229 e. The number of carbonyl (C=O) groups excluding carboxylic acids is 2. The van der Waals surface area contributed by atoms with Crippen LogP contribution in [0.15, 0.2) is 18.2 Å². The molecule has 0 bridgehead atoms. The van der Waals surface area contributed by atoms with E-state index in [1.165, 1.54) is 14.0 Å². The highest BCUT2D eigenvalue weighted by molar-refractivity contribution is 5.95. The van der Waals surface area contributed by atoms with Crippen LogP contribution < -0.4 is 21.1 Å². The highest BCUT2D eigenvalue weighted by atomic mass is 16.5. The van der Waals surface area contributed by atoms with Gasteiger partial charge in [0.15, 0.2) is 0 Å². The maximum atomic E-state index is 12.1. The van der Waals surface area contributed by atoms with Crippen LogP contribution in [-0.4, -0.2) is 25.5 Å². The molecule has 0 saturated carbocycles. The van der Waals surface area contributed by atoms with Crippen LogP contribution in [0.3, 0.4) is 0 Å². The third-order valence-electron chi connectivity index (χ3n) is 3.18. The van der Waals surface area contributed by atoms with E-state index in [9.17, 15) is 9.59 Å². The number of methoxy groups -OCH3 is 1. The largest absolute Gasteiger partial charge is 0.494 e. The molecule has 0 spiro atoms. The van der Waals surface area contributed by atoms with Crippen LogP contribution >= 0.6 is 0 Å². The van der Waals surface area contributed by atoms with E-state index in [-0.39, 0.29) is 23.7 Å². The molecule has 1 aromatic rings. The van der Waals surface area contributed by atoms with Gasteiger partial charge in [0, 0.05) is 25.2 Å². The van der Waals surface area contributed by atoms with Crippen molar-refractivity contribution in [3.8, 4) is 5.75 Å². The smallest absolute Gasteiger partial charge is 0.229 e. The lowest BCUT2D eigenvalue weighted by Crippen LogP contribution is -2.33. The van der Waals surface area contributed by atoms with Crippen molar-refractivity contribution >= 4 is 23.2 Å². The van der Waals surface area contributed by atoms with Crippen molar-refractivity contribution < 1.29 is 14.3 Å². The molecule has 0 fully saturated rings. The predicted octanol–water partition coefficient (Wildman–Crippen LogP) is 1.82. The van der Waals surface area contributed by atoms with E-state index >= 15 is 0 Å². The summed E-state index contributed by atoms with van der Waals surface area (Å²) >= 11 is 0.